The first-order valence-corrected chi connectivity index (χ1v) is 16.2. The van der Waals surface area contributed by atoms with Crippen LogP contribution in [0.4, 0.5) is 0 Å². The van der Waals surface area contributed by atoms with E-state index in [-0.39, 0.29) is 43.0 Å². The van der Waals surface area contributed by atoms with Crippen LogP contribution in [0.15, 0.2) is 76.9 Å². The summed E-state index contributed by atoms with van der Waals surface area (Å²) < 4.78 is 6.25. The van der Waals surface area contributed by atoms with Gasteiger partial charge in [0.1, 0.15) is 5.58 Å². The number of allylic oxidation sites excluding steroid dienone is 2. The summed E-state index contributed by atoms with van der Waals surface area (Å²) in [6, 6.07) is 24.5. The molecule has 241 valence electrons. The van der Waals surface area contributed by atoms with Crippen LogP contribution in [0.1, 0.15) is 85.3 Å². The number of furan rings is 1. The summed E-state index contributed by atoms with van der Waals surface area (Å²) >= 11 is 0. The molecule has 0 saturated carbocycles. The average molecular weight is 783 g/mol. The summed E-state index contributed by atoms with van der Waals surface area (Å²) in [7, 11) is 0. The van der Waals surface area contributed by atoms with Crippen LogP contribution < -0.4 is 0 Å². The first kappa shape index (κ1) is 36.2. The maximum atomic E-state index is 12.0. The first-order valence-electron chi connectivity index (χ1n) is 16.2. The van der Waals surface area contributed by atoms with Gasteiger partial charge in [0.15, 0.2) is 5.78 Å². The smallest absolute Gasteiger partial charge is 0.164 e. The summed E-state index contributed by atoms with van der Waals surface area (Å²) in [4.78, 5) is 17.0. The molecule has 45 heavy (non-hydrogen) atoms. The topological polar surface area (TPSA) is 63.3 Å². The van der Waals surface area contributed by atoms with Crippen molar-refractivity contribution in [2.24, 2.45) is 17.3 Å². The third-order valence-corrected chi connectivity index (χ3v) is 9.07. The fourth-order valence-corrected chi connectivity index (χ4v) is 5.80. The zero-order chi connectivity index (χ0) is 32.0. The molecule has 0 unspecified atom stereocenters. The van der Waals surface area contributed by atoms with E-state index < -0.39 is 0 Å². The molecule has 1 radical (unpaired) electrons. The quantitative estimate of drug-likeness (QED) is 0.0871. The number of hydrogen-bond donors (Lipinski definition) is 1. The minimum Gasteiger partial charge on any atom is -0.512 e. The number of pyridine rings is 1. The number of hydrogen-bond acceptors (Lipinski definition) is 4. The number of aliphatic hydroxyl groups excluding tert-OH is 1. The van der Waals surface area contributed by atoms with Gasteiger partial charge >= 0.3 is 0 Å². The molecule has 0 aliphatic carbocycles. The monoisotopic (exact) mass is 783 g/mol. The molecule has 0 amide bonds. The molecule has 1 N–H and O–H groups in total. The molecule has 0 atom stereocenters. The standard InChI is InChI=1S/C26H22NO.C14H26O2.Ir/c1-16(2)12-18-15-24(27-23-10-6-4-8-19(18)23)22-14-17(3)13-21-20-9-5-7-11-25(20)28-26(21)22;1-6-11(7-2)12(15)10-13(16)14(5,8-3)9-4;/h4-11,13,15-16H,12H2,1-3H3;10-11,15H,6-9H2,1-5H3;/q-1;;/b;12-10-;. The zero-order valence-electron chi connectivity index (χ0n) is 28.1. The molecule has 0 saturated heterocycles. The van der Waals surface area contributed by atoms with E-state index in [1.807, 2.05) is 46.8 Å². The number of nitrogens with zero attached hydrogens (tertiary/aromatic N) is 1. The Morgan fingerprint density at radius 1 is 0.956 bits per heavy atom. The van der Waals surface area contributed by atoms with Crippen LogP contribution in [-0.2, 0) is 31.3 Å². The molecule has 3 aromatic carbocycles. The molecule has 5 heteroatoms. The van der Waals surface area contributed by atoms with Crippen LogP contribution >= 0.6 is 0 Å². The number of carbonyl (C=O) groups is 1. The largest absolute Gasteiger partial charge is 0.512 e. The van der Waals surface area contributed by atoms with E-state index in [1.54, 1.807) is 0 Å². The van der Waals surface area contributed by atoms with Crippen molar-refractivity contribution in [1.29, 1.82) is 0 Å². The van der Waals surface area contributed by atoms with Crippen LogP contribution in [0, 0.1) is 30.2 Å². The van der Waals surface area contributed by atoms with Gasteiger partial charge in [0, 0.05) is 48.3 Å². The molecule has 0 bridgehead atoms. The maximum absolute atomic E-state index is 12.0. The van der Waals surface area contributed by atoms with Crippen LogP contribution in [-0.4, -0.2) is 15.9 Å². The summed E-state index contributed by atoms with van der Waals surface area (Å²) in [5.74, 6) is 1.01. The third-order valence-electron chi connectivity index (χ3n) is 9.07. The van der Waals surface area contributed by atoms with Crippen molar-refractivity contribution in [1.82, 2.24) is 4.98 Å². The number of aliphatic hydroxyl groups is 1. The van der Waals surface area contributed by atoms with E-state index in [2.05, 4.69) is 75.4 Å². The Bertz CT molecular complexity index is 1770. The number of aromatic nitrogens is 1. The normalized spacial score (nSPS) is 12.1. The molecular weight excluding hydrogens is 735 g/mol. The van der Waals surface area contributed by atoms with Gasteiger partial charge < -0.3 is 9.52 Å². The SMILES string of the molecule is CCC(CC)/C(O)=C/C(=O)C(C)(CC)CC.Cc1[c-]c(-c2cc(CC(C)C)c3ccccc3n2)c2oc3ccccc3c2c1.[Ir]. The molecule has 5 rings (SSSR count). The van der Waals surface area contributed by atoms with E-state index in [9.17, 15) is 9.90 Å². The molecule has 2 heterocycles. The second kappa shape index (κ2) is 15.8. The molecule has 0 aliphatic rings. The minimum absolute atomic E-state index is 0. The van der Waals surface area contributed by atoms with Crippen LogP contribution in [0.2, 0.25) is 0 Å². The summed E-state index contributed by atoms with van der Waals surface area (Å²) in [6.45, 7) is 16.7. The van der Waals surface area contributed by atoms with Crippen molar-refractivity contribution in [3.05, 3.63) is 89.7 Å². The fraction of sp³-hybridized carbons (Fsp3) is 0.400. The van der Waals surface area contributed by atoms with Crippen LogP contribution in [0.5, 0.6) is 0 Å². The summed E-state index contributed by atoms with van der Waals surface area (Å²) in [6.07, 6.45) is 5.85. The maximum Gasteiger partial charge on any atom is 0.164 e. The first-order chi connectivity index (χ1) is 21.0. The van der Waals surface area contributed by atoms with Gasteiger partial charge in [-0.3, -0.25) is 9.78 Å². The number of aryl methyl sites for hydroxylation is 1. The summed E-state index contributed by atoms with van der Waals surface area (Å²) in [5.41, 5.74) is 6.77. The Morgan fingerprint density at radius 2 is 1.58 bits per heavy atom. The minimum atomic E-state index is -0.319. The molecule has 0 aliphatic heterocycles. The number of rotatable bonds is 10. The predicted molar refractivity (Wildman–Crippen MR) is 185 cm³/mol. The molecule has 4 nitrogen and oxygen atoms in total. The molecular formula is C40H48IrNO3-. The van der Waals surface area contributed by atoms with Gasteiger partial charge in [-0.2, -0.15) is 0 Å². The van der Waals surface area contributed by atoms with Crippen molar-refractivity contribution in [2.75, 3.05) is 0 Å². The van der Waals surface area contributed by atoms with Crippen molar-refractivity contribution in [3.8, 4) is 11.3 Å². The number of ketones is 1. The van der Waals surface area contributed by atoms with Gasteiger partial charge in [0.05, 0.1) is 16.9 Å². The number of fused-ring (bicyclic) bond motifs is 4. The van der Waals surface area contributed by atoms with Crippen molar-refractivity contribution >= 4 is 38.6 Å². The van der Waals surface area contributed by atoms with E-state index in [0.29, 0.717) is 5.92 Å². The Kier molecular flexibility index (Phi) is 12.7. The van der Waals surface area contributed by atoms with E-state index in [4.69, 9.17) is 9.40 Å². The number of para-hydroxylation sites is 2. The molecule has 0 spiro atoms. The van der Waals surface area contributed by atoms with Crippen LogP contribution in [0.3, 0.4) is 0 Å². The number of benzene rings is 3. The van der Waals surface area contributed by atoms with E-state index >= 15 is 0 Å². The number of carbonyl (C=O) groups excluding carboxylic acids is 1. The van der Waals surface area contributed by atoms with Crippen LogP contribution in [0.25, 0.3) is 44.1 Å². The van der Waals surface area contributed by atoms with Crippen molar-refractivity contribution in [2.45, 2.75) is 87.5 Å². The third kappa shape index (κ3) is 8.12. The Hall–Kier alpha value is -3.27. The van der Waals surface area contributed by atoms with Gasteiger partial charge in [-0.15, -0.1) is 17.7 Å². The van der Waals surface area contributed by atoms with Gasteiger partial charge in [0.2, 0.25) is 0 Å². The second-order valence-corrected chi connectivity index (χ2v) is 12.7. The fourth-order valence-electron chi connectivity index (χ4n) is 5.80. The van der Waals surface area contributed by atoms with Crippen molar-refractivity contribution < 1.29 is 34.4 Å². The Labute approximate surface area is 282 Å². The predicted octanol–water partition coefficient (Wildman–Crippen LogP) is 11.4. The van der Waals surface area contributed by atoms with E-state index in [0.717, 1.165) is 76.4 Å². The van der Waals surface area contributed by atoms with Gasteiger partial charge in [-0.1, -0.05) is 109 Å². The van der Waals surface area contributed by atoms with E-state index in [1.165, 1.54) is 17.0 Å². The Morgan fingerprint density at radius 3 is 2.20 bits per heavy atom. The Balaban J connectivity index is 0.000000282. The van der Waals surface area contributed by atoms with Gasteiger partial charge in [-0.05, 0) is 61.4 Å². The van der Waals surface area contributed by atoms with Gasteiger partial charge in [0.25, 0.3) is 0 Å². The molecule has 2 aromatic heterocycles. The van der Waals surface area contributed by atoms with Gasteiger partial charge in [-0.25, -0.2) is 0 Å². The second-order valence-electron chi connectivity index (χ2n) is 12.7. The average Bonchev–Trinajstić information content (AvgIpc) is 3.39. The molecule has 0 fully saturated rings. The summed E-state index contributed by atoms with van der Waals surface area (Å²) in [5, 5.41) is 13.4. The molecule has 5 aromatic rings. The van der Waals surface area contributed by atoms with Crippen molar-refractivity contribution in [3.63, 3.8) is 0 Å². The zero-order valence-corrected chi connectivity index (χ0v) is 30.5.